The third-order valence-electron chi connectivity index (χ3n) is 4.47. The molecule has 0 saturated heterocycles. The molecule has 0 aliphatic carbocycles. The molecule has 0 atom stereocenters. The van der Waals surface area contributed by atoms with Gasteiger partial charge in [-0.25, -0.2) is 4.79 Å². The number of aromatic nitrogens is 1. The summed E-state index contributed by atoms with van der Waals surface area (Å²) < 4.78 is 1.95. The van der Waals surface area contributed by atoms with E-state index < -0.39 is 10.9 Å². The summed E-state index contributed by atoms with van der Waals surface area (Å²) in [5, 5.41) is 20.0. The SMILES string of the molecule is Cc1cc(C=NCc2ccc(C(=O)O)cc2)c(C)n1-c1cccc([N+](=O)[O-])c1. The van der Waals surface area contributed by atoms with Crippen molar-refractivity contribution >= 4 is 17.9 Å². The molecule has 0 spiro atoms. The zero-order chi connectivity index (χ0) is 20.3. The predicted octanol–water partition coefficient (Wildman–Crippen LogP) is 4.32. The van der Waals surface area contributed by atoms with E-state index in [1.165, 1.54) is 6.07 Å². The molecule has 7 nitrogen and oxygen atoms in total. The second kappa shape index (κ2) is 7.87. The van der Waals surface area contributed by atoms with Crippen LogP contribution in [0.4, 0.5) is 5.69 Å². The lowest BCUT2D eigenvalue weighted by Crippen LogP contribution is -2.00. The molecule has 0 unspecified atom stereocenters. The number of aromatic carboxylic acids is 1. The largest absolute Gasteiger partial charge is 0.478 e. The van der Waals surface area contributed by atoms with E-state index in [0.717, 1.165) is 28.2 Å². The second-order valence-corrected chi connectivity index (χ2v) is 6.41. The molecule has 3 aromatic rings. The molecule has 0 saturated carbocycles. The molecule has 28 heavy (non-hydrogen) atoms. The van der Waals surface area contributed by atoms with Gasteiger partial charge in [0.25, 0.3) is 5.69 Å². The van der Waals surface area contributed by atoms with Crippen molar-refractivity contribution < 1.29 is 14.8 Å². The van der Waals surface area contributed by atoms with Gasteiger partial charge in [-0.15, -0.1) is 0 Å². The third-order valence-corrected chi connectivity index (χ3v) is 4.47. The highest BCUT2D eigenvalue weighted by molar-refractivity contribution is 5.87. The van der Waals surface area contributed by atoms with E-state index in [1.807, 2.05) is 30.5 Å². The minimum atomic E-state index is -0.955. The predicted molar refractivity (Wildman–Crippen MR) is 107 cm³/mol. The van der Waals surface area contributed by atoms with Crippen LogP contribution in [0.25, 0.3) is 5.69 Å². The number of carbonyl (C=O) groups is 1. The van der Waals surface area contributed by atoms with Crippen molar-refractivity contribution in [1.29, 1.82) is 0 Å². The summed E-state index contributed by atoms with van der Waals surface area (Å²) in [7, 11) is 0. The smallest absolute Gasteiger partial charge is 0.335 e. The number of benzene rings is 2. The third kappa shape index (κ3) is 3.98. The van der Waals surface area contributed by atoms with Crippen molar-refractivity contribution in [1.82, 2.24) is 4.57 Å². The van der Waals surface area contributed by atoms with Crippen molar-refractivity contribution in [2.45, 2.75) is 20.4 Å². The summed E-state index contributed by atoms with van der Waals surface area (Å²) in [4.78, 5) is 26.0. The first-order valence-electron chi connectivity index (χ1n) is 8.62. The van der Waals surface area contributed by atoms with Crippen LogP contribution in [0.1, 0.15) is 32.9 Å². The molecule has 7 heteroatoms. The first-order chi connectivity index (χ1) is 13.4. The molecule has 0 aliphatic heterocycles. The Morgan fingerprint density at radius 1 is 1.18 bits per heavy atom. The molecule has 0 fully saturated rings. The Labute approximate surface area is 161 Å². The van der Waals surface area contributed by atoms with Crippen LogP contribution in [0.3, 0.4) is 0 Å². The van der Waals surface area contributed by atoms with Gasteiger partial charge >= 0.3 is 5.97 Å². The average Bonchev–Trinajstić information content (AvgIpc) is 2.95. The Kier molecular flexibility index (Phi) is 5.35. The molecule has 0 radical (unpaired) electrons. The van der Waals surface area contributed by atoms with E-state index in [-0.39, 0.29) is 11.3 Å². The molecule has 3 rings (SSSR count). The number of hydrogen-bond acceptors (Lipinski definition) is 4. The van der Waals surface area contributed by atoms with E-state index >= 15 is 0 Å². The Bertz CT molecular complexity index is 1070. The Morgan fingerprint density at radius 3 is 2.54 bits per heavy atom. The zero-order valence-electron chi connectivity index (χ0n) is 15.5. The molecule has 0 bridgehead atoms. The van der Waals surface area contributed by atoms with Gasteiger partial charge in [-0.2, -0.15) is 0 Å². The number of rotatable bonds is 6. The number of nitro groups is 1. The maximum atomic E-state index is 11.0. The first-order valence-corrected chi connectivity index (χ1v) is 8.62. The molecule has 142 valence electrons. The summed E-state index contributed by atoms with van der Waals surface area (Å²) in [6.45, 7) is 4.31. The van der Waals surface area contributed by atoms with Crippen LogP contribution in [-0.2, 0) is 6.54 Å². The van der Waals surface area contributed by atoms with Crippen LogP contribution < -0.4 is 0 Å². The van der Waals surface area contributed by atoms with Crippen LogP contribution in [-0.4, -0.2) is 26.8 Å². The van der Waals surface area contributed by atoms with Gasteiger partial charge in [0.2, 0.25) is 0 Å². The van der Waals surface area contributed by atoms with Crippen molar-refractivity contribution in [3.63, 3.8) is 0 Å². The normalized spacial score (nSPS) is 11.1. The maximum Gasteiger partial charge on any atom is 0.335 e. The van der Waals surface area contributed by atoms with E-state index in [4.69, 9.17) is 5.11 Å². The first kappa shape index (κ1) is 19.0. The van der Waals surface area contributed by atoms with Crippen molar-refractivity contribution in [3.8, 4) is 5.69 Å². The fraction of sp³-hybridized carbons (Fsp3) is 0.143. The van der Waals surface area contributed by atoms with Crippen molar-refractivity contribution in [2.24, 2.45) is 4.99 Å². The highest BCUT2D eigenvalue weighted by atomic mass is 16.6. The van der Waals surface area contributed by atoms with E-state index in [9.17, 15) is 14.9 Å². The molecular weight excluding hydrogens is 358 g/mol. The lowest BCUT2D eigenvalue weighted by atomic mass is 10.1. The number of aryl methyl sites for hydroxylation is 1. The lowest BCUT2D eigenvalue weighted by molar-refractivity contribution is -0.384. The Hall–Kier alpha value is -3.74. The summed E-state index contributed by atoms with van der Waals surface area (Å²) in [6, 6.07) is 15.1. The Morgan fingerprint density at radius 2 is 1.89 bits per heavy atom. The van der Waals surface area contributed by atoms with Gasteiger partial charge in [-0.1, -0.05) is 18.2 Å². The molecule has 2 aromatic carbocycles. The highest BCUT2D eigenvalue weighted by Crippen LogP contribution is 2.23. The van der Waals surface area contributed by atoms with Crippen LogP contribution in [0.5, 0.6) is 0 Å². The number of nitrogens with zero attached hydrogens (tertiary/aromatic N) is 3. The molecule has 0 amide bonds. The monoisotopic (exact) mass is 377 g/mol. The number of carboxylic acids is 1. The van der Waals surface area contributed by atoms with Crippen molar-refractivity contribution in [3.05, 3.63) is 92.8 Å². The number of aliphatic imine (C=N–C) groups is 1. The summed E-state index contributed by atoms with van der Waals surface area (Å²) >= 11 is 0. The quantitative estimate of drug-likeness (QED) is 0.393. The minimum absolute atomic E-state index is 0.0463. The van der Waals surface area contributed by atoms with Gasteiger partial charge in [0.05, 0.1) is 22.7 Å². The van der Waals surface area contributed by atoms with Crippen LogP contribution in [0, 0.1) is 24.0 Å². The number of hydrogen-bond donors (Lipinski definition) is 1. The topological polar surface area (TPSA) is 97.7 Å². The van der Waals surface area contributed by atoms with Gasteiger partial charge < -0.3 is 9.67 Å². The van der Waals surface area contributed by atoms with E-state index in [0.29, 0.717) is 6.54 Å². The molecular formula is C21H19N3O4. The fourth-order valence-electron chi connectivity index (χ4n) is 3.06. The number of non-ortho nitro benzene ring substituents is 1. The minimum Gasteiger partial charge on any atom is -0.478 e. The fourth-order valence-corrected chi connectivity index (χ4v) is 3.06. The zero-order valence-corrected chi connectivity index (χ0v) is 15.5. The average molecular weight is 377 g/mol. The van der Waals surface area contributed by atoms with Crippen LogP contribution in [0.15, 0.2) is 59.6 Å². The van der Waals surface area contributed by atoms with Gasteiger partial charge in [-0.05, 0) is 43.7 Å². The maximum absolute atomic E-state index is 11.0. The number of carboxylic acid groups (broad SMARTS) is 1. The molecule has 1 heterocycles. The second-order valence-electron chi connectivity index (χ2n) is 6.41. The molecule has 1 N–H and O–H groups in total. The number of nitro benzene ring substituents is 1. The summed E-state index contributed by atoms with van der Waals surface area (Å²) in [6.07, 6.45) is 1.77. The standard InChI is InChI=1S/C21H19N3O4/c1-14-10-18(13-22-12-16-6-8-17(9-7-16)21(25)26)15(2)23(14)19-4-3-5-20(11-19)24(27)28/h3-11,13H,12H2,1-2H3,(H,25,26). The van der Waals surface area contributed by atoms with Gasteiger partial charge in [0, 0.05) is 35.3 Å². The van der Waals surface area contributed by atoms with Crippen molar-refractivity contribution in [2.75, 3.05) is 0 Å². The van der Waals surface area contributed by atoms with Crippen LogP contribution >= 0.6 is 0 Å². The summed E-state index contributed by atoms with van der Waals surface area (Å²) in [5.41, 5.74) is 4.74. The van der Waals surface area contributed by atoms with Crippen LogP contribution in [0.2, 0.25) is 0 Å². The van der Waals surface area contributed by atoms with Gasteiger partial charge in [0.1, 0.15) is 0 Å². The van der Waals surface area contributed by atoms with Gasteiger partial charge in [0.15, 0.2) is 0 Å². The van der Waals surface area contributed by atoms with Gasteiger partial charge in [-0.3, -0.25) is 15.1 Å². The van der Waals surface area contributed by atoms with E-state index in [2.05, 4.69) is 4.99 Å². The molecule has 0 aliphatic rings. The lowest BCUT2D eigenvalue weighted by Gasteiger charge is -2.09. The molecule has 1 aromatic heterocycles. The summed E-state index contributed by atoms with van der Waals surface area (Å²) in [5.74, 6) is -0.955. The Balaban J connectivity index is 1.81. The highest BCUT2D eigenvalue weighted by Gasteiger charge is 2.12. The van der Waals surface area contributed by atoms with E-state index in [1.54, 1.807) is 42.6 Å².